The summed E-state index contributed by atoms with van der Waals surface area (Å²) in [7, 11) is 0. The van der Waals surface area contributed by atoms with Crippen molar-refractivity contribution in [3.05, 3.63) is 42.0 Å². The molecular weight excluding hydrogens is 399 g/mol. The monoisotopic (exact) mass is 419 g/mol. The van der Waals surface area contributed by atoms with E-state index in [2.05, 4.69) is 20.4 Å². The van der Waals surface area contributed by atoms with E-state index in [1.807, 2.05) is 0 Å². The minimum absolute atomic E-state index is 0.0267. The first kappa shape index (κ1) is 20.1. The number of alkyl halides is 3. The number of fused-ring (bicyclic) bond motifs is 1. The smallest absolute Gasteiger partial charge is 0.392 e. The first-order chi connectivity index (χ1) is 14.3. The summed E-state index contributed by atoms with van der Waals surface area (Å²) in [5.74, 6) is 0.846. The highest BCUT2D eigenvalue weighted by Gasteiger charge is 2.30. The molecule has 4 rings (SSSR count). The normalized spacial score (nSPS) is 14.1. The summed E-state index contributed by atoms with van der Waals surface area (Å²) < 4.78 is 43.7. The number of carbonyl (C=O) groups excluding carboxylic acids is 1. The van der Waals surface area contributed by atoms with Gasteiger partial charge in [-0.2, -0.15) is 18.3 Å². The first-order valence-electron chi connectivity index (χ1n) is 9.56. The molecule has 1 fully saturated rings. The topological polar surface area (TPSA) is 81.9 Å². The van der Waals surface area contributed by atoms with Crippen LogP contribution in [-0.2, 0) is 11.3 Å². The largest absolute Gasteiger partial charge is 0.491 e. The molecule has 0 saturated heterocycles. The third-order valence-electron chi connectivity index (χ3n) is 4.76. The number of anilines is 1. The van der Waals surface area contributed by atoms with E-state index >= 15 is 0 Å². The van der Waals surface area contributed by atoms with Crippen LogP contribution in [0.4, 0.5) is 19.0 Å². The lowest BCUT2D eigenvalue weighted by atomic mass is 10.2. The fourth-order valence-electron chi connectivity index (χ4n) is 3.02. The maximum Gasteiger partial charge on any atom is 0.392 e. The average Bonchev–Trinajstić information content (AvgIpc) is 3.43. The van der Waals surface area contributed by atoms with E-state index in [9.17, 15) is 18.0 Å². The molecule has 0 atom stereocenters. The second kappa shape index (κ2) is 7.92. The van der Waals surface area contributed by atoms with Crippen molar-refractivity contribution in [2.45, 2.75) is 38.9 Å². The summed E-state index contributed by atoms with van der Waals surface area (Å²) in [5.41, 5.74) is 2.07. The van der Waals surface area contributed by atoms with Gasteiger partial charge in [-0.15, -0.1) is 0 Å². The third-order valence-corrected chi connectivity index (χ3v) is 4.76. The summed E-state index contributed by atoms with van der Waals surface area (Å²) in [4.78, 5) is 20.6. The number of carbonyl (C=O) groups is 1. The van der Waals surface area contributed by atoms with E-state index in [0.29, 0.717) is 34.9 Å². The quantitative estimate of drug-likeness (QED) is 0.629. The fraction of sp³-hybridized carbons (Fsp3) is 0.400. The molecule has 3 heterocycles. The number of nitrogens with one attached hydrogen (secondary N) is 1. The van der Waals surface area contributed by atoms with Crippen molar-refractivity contribution in [2.24, 2.45) is 5.92 Å². The molecule has 0 aromatic carbocycles. The van der Waals surface area contributed by atoms with Crippen LogP contribution in [0.1, 0.15) is 30.5 Å². The highest BCUT2D eigenvalue weighted by atomic mass is 19.4. The predicted octanol–water partition coefficient (Wildman–Crippen LogP) is 3.86. The van der Waals surface area contributed by atoms with E-state index in [1.54, 1.807) is 36.1 Å². The number of rotatable bonds is 7. The zero-order chi connectivity index (χ0) is 21.3. The summed E-state index contributed by atoms with van der Waals surface area (Å²) in [5, 5.41) is 8.08. The number of aryl methyl sites for hydroxylation is 1. The Morgan fingerprint density at radius 3 is 2.83 bits per heavy atom. The number of amides is 1. The van der Waals surface area contributed by atoms with Crippen LogP contribution < -0.4 is 10.1 Å². The van der Waals surface area contributed by atoms with Crippen LogP contribution in [0, 0.1) is 12.8 Å². The van der Waals surface area contributed by atoms with Crippen molar-refractivity contribution in [1.29, 1.82) is 0 Å². The third kappa shape index (κ3) is 4.87. The Bertz CT molecular complexity index is 1080. The minimum Gasteiger partial charge on any atom is -0.491 e. The fourth-order valence-corrected chi connectivity index (χ4v) is 3.02. The molecule has 0 aliphatic heterocycles. The van der Waals surface area contributed by atoms with Crippen LogP contribution in [0.3, 0.4) is 0 Å². The zero-order valence-corrected chi connectivity index (χ0v) is 16.2. The van der Waals surface area contributed by atoms with Gasteiger partial charge in [-0.25, -0.2) is 4.98 Å². The molecule has 1 aliphatic rings. The van der Waals surface area contributed by atoms with Gasteiger partial charge in [-0.1, -0.05) is 0 Å². The number of nitrogens with zero attached hydrogens (tertiary/aromatic N) is 4. The van der Waals surface area contributed by atoms with Gasteiger partial charge in [-0.05, 0) is 37.5 Å². The van der Waals surface area contributed by atoms with Gasteiger partial charge in [0.15, 0.2) is 0 Å². The Hall–Kier alpha value is -3.17. The van der Waals surface area contributed by atoms with E-state index in [1.165, 1.54) is 6.20 Å². The lowest BCUT2D eigenvalue weighted by Crippen LogP contribution is -2.14. The maximum atomic E-state index is 12.3. The molecular formula is C20H20F3N5O2. The minimum atomic E-state index is -4.25. The Balaban J connectivity index is 1.46. The zero-order valence-electron chi connectivity index (χ0n) is 16.2. The Labute approximate surface area is 170 Å². The Morgan fingerprint density at radius 2 is 2.13 bits per heavy atom. The number of hydrogen-bond acceptors (Lipinski definition) is 5. The highest BCUT2D eigenvalue weighted by molar-refractivity contribution is 6.00. The molecule has 1 aliphatic carbocycles. The van der Waals surface area contributed by atoms with Gasteiger partial charge in [-0.3, -0.25) is 14.5 Å². The molecule has 7 nitrogen and oxygen atoms in total. The molecule has 0 bridgehead atoms. The van der Waals surface area contributed by atoms with Crippen molar-refractivity contribution in [1.82, 2.24) is 19.7 Å². The van der Waals surface area contributed by atoms with Gasteiger partial charge >= 0.3 is 6.18 Å². The van der Waals surface area contributed by atoms with Crippen molar-refractivity contribution < 1.29 is 22.7 Å². The van der Waals surface area contributed by atoms with Gasteiger partial charge < -0.3 is 10.1 Å². The molecule has 0 unspecified atom stereocenters. The van der Waals surface area contributed by atoms with Crippen molar-refractivity contribution in [2.75, 3.05) is 11.9 Å². The number of aromatic nitrogens is 4. The summed E-state index contributed by atoms with van der Waals surface area (Å²) in [6, 6.07) is 3.51. The van der Waals surface area contributed by atoms with Gasteiger partial charge in [0.05, 0.1) is 42.4 Å². The molecule has 3 aromatic heterocycles. The molecule has 10 heteroatoms. The summed E-state index contributed by atoms with van der Waals surface area (Å²) in [6.07, 6.45) is 1.35. The summed E-state index contributed by atoms with van der Waals surface area (Å²) in [6.45, 7) is 1.66. The number of ether oxygens (including phenoxy) is 1. The predicted molar refractivity (Wildman–Crippen MR) is 103 cm³/mol. The highest BCUT2D eigenvalue weighted by Crippen LogP contribution is 2.31. The van der Waals surface area contributed by atoms with E-state index in [-0.39, 0.29) is 11.8 Å². The summed E-state index contributed by atoms with van der Waals surface area (Å²) >= 11 is 0. The van der Waals surface area contributed by atoms with Crippen LogP contribution >= 0.6 is 0 Å². The van der Waals surface area contributed by atoms with Gasteiger partial charge in [0.25, 0.3) is 0 Å². The van der Waals surface area contributed by atoms with Gasteiger partial charge in [0.2, 0.25) is 5.91 Å². The Kier molecular flexibility index (Phi) is 5.31. The van der Waals surface area contributed by atoms with Crippen LogP contribution in [0.2, 0.25) is 0 Å². The lowest BCUT2D eigenvalue weighted by Gasteiger charge is -2.11. The Morgan fingerprint density at radius 1 is 1.33 bits per heavy atom. The van der Waals surface area contributed by atoms with Gasteiger partial charge in [0.1, 0.15) is 11.6 Å². The standard InChI is InChI=1S/C20H20F3N5O2/c1-12-8-14(25-9-17(12)30-7-5-20(21,22)23)10-28-11-15-16(27-28)4-6-24-18(15)26-19(29)13-2-3-13/h4,6,8-9,11,13H,2-3,5,7,10H2,1H3,(H,24,26,29). The molecule has 3 aromatic rings. The van der Waals surface area contributed by atoms with E-state index in [4.69, 9.17) is 4.74 Å². The van der Waals surface area contributed by atoms with Crippen LogP contribution in [0.25, 0.3) is 10.9 Å². The van der Waals surface area contributed by atoms with E-state index in [0.717, 1.165) is 18.2 Å². The SMILES string of the molecule is Cc1cc(Cn2cc3c(NC(=O)C4CC4)nccc3n2)ncc1OCCC(F)(F)F. The molecule has 30 heavy (non-hydrogen) atoms. The number of halogens is 3. The molecule has 1 amide bonds. The van der Waals surface area contributed by atoms with Crippen LogP contribution in [0.15, 0.2) is 30.7 Å². The first-order valence-corrected chi connectivity index (χ1v) is 9.56. The molecule has 158 valence electrons. The second-order valence-electron chi connectivity index (χ2n) is 7.34. The second-order valence-corrected chi connectivity index (χ2v) is 7.34. The van der Waals surface area contributed by atoms with Crippen LogP contribution in [0.5, 0.6) is 5.75 Å². The average molecular weight is 419 g/mol. The maximum absolute atomic E-state index is 12.3. The van der Waals surface area contributed by atoms with Crippen LogP contribution in [-0.4, -0.2) is 38.4 Å². The van der Waals surface area contributed by atoms with E-state index < -0.39 is 19.2 Å². The van der Waals surface area contributed by atoms with Crippen molar-refractivity contribution >= 4 is 22.6 Å². The number of hydrogen-bond donors (Lipinski definition) is 1. The lowest BCUT2D eigenvalue weighted by molar-refractivity contribution is -0.139. The van der Waals surface area contributed by atoms with Crippen molar-refractivity contribution in [3.8, 4) is 5.75 Å². The van der Waals surface area contributed by atoms with Crippen molar-refractivity contribution in [3.63, 3.8) is 0 Å². The molecule has 1 saturated carbocycles. The molecule has 0 spiro atoms. The number of pyridine rings is 2. The van der Waals surface area contributed by atoms with Gasteiger partial charge in [0, 0.05) is 18.3 Å². The molecule has 1 N–H and O–H groups in total. The molecule has 0 radical (unpaired) electrons.